The van der Waals surface area contributed by atoms with Gasteiger partial charge in [-0.15, -0.1) is 0 Å². The Morgan fingerprint density at radius 1 is 0.619 bits per heavy atom. The van der Waals surface area contributed by atoms with Gasteiger partial charge in [-0.05, 0) is 12.8 Å². The van der Waals surface area contributed by atoms with Crippen LogP contribution in [0.15, 0.2) is 0 Å². The fraction of sp³-hybridized carbons (Fsp3) is 0.875. The van der Waals surface area contributed by atoms with Crippen molar-refractivity contribution in [3.63, 3.8) is 0 Å². The fourth-order valence-electron chi connectivity index (χ4n) is 1.76. The molecule has 4 nitrogen and oxygen atoms in total. The maximum atomic E-state index is 10.0. The van der Waals surface area contributed by atoms with Gasteiger partial charge in [0.1, 0.15) is 0 Å². The van der Waals surface area contributed by atoms with Crippen molar-refractivity contribution in [2.24, 2.45) is 0 Å². The molecule has 0 unspecified atom stereocenters. The molecule has 21 heavy (non-hydrogen) atoms. The molecule has 0 atom stereocenters. The number of carboxylic acid groups (broad SMARTS) is 2. The zero-order chi connectivity index (χ0) is 15.6. The van der Waals surface area contributed by atoms with Crippen LogP contribution in [0.2, 0.25) is 0 Å². The summed E-state index contributed by atoms with van der Waals surface area (Å²) >= 11 is 0. The molecule has 5 heteroatoms. The van der Waals surface area contributed by atoms with E-state index in [1.165, 1.54) is 38.5 Å². The monoisotopic (exact) mass is 408 g/mol. The van der Waals surface area contributed by atoms with Gasteiger partial charge in [0.25, 0.3) is 0 Å². The van der Waals surface area contributed by atoms with Gasteiger partial charge in [0, 0.05) is 12.8 Å². The minimum absolute atomic E-state index is 0. The molecule has 0 heterocycles. The van der Waals surface area contributed by atoms with Gasteiger partial charge in [-0.2, -0.15) is 0 Å². The van der Waals surface area contributed by atoms with E-state index in [9.17, 15) is 9.59 Å². The molecule has 0 spiro atoms. The zero-order valence-corrected chi connectivity index (χ0v) is 16.6. The maximum absolute atomic E-state index is 10.0. The van der Waals surface area contributed by atoms with E-state index in [2.05, 4.69) is 13.8 Å². The second-order valence-electron chi connectivity index (χ2n) is 5.12. The van der Waals surface area contributed by atoms with Crippen LogP contribution in [0.4, 0.5) is 0 Å². The van der Waals surface area contributed by atoms with E-state index in [4.69, 9.17) is 10.2 Å². The average molecular weight is 407 g/mol. The van der Waals surface area contributed by atoms with Gasteiger partial charge in [-0.25, -0.2) is 0 Å². The molecule has 2 radical (unpaired) electrons. The number of unbranched alkanes of at least 4 members (excludes halogenated alkanes) is 8. The Kier molecular flexibility index (Phi) is 26.9. The fourth-order valence-corrected chi connectivity index (χ4v) is 1.76. The van der Waals surface area contributed by atoms with E-state index >= 15 is 0 Å². The van der Waals surface area contributed by atoms with Crippen LogP contribution < -0.4 is 0 Å². The van der Waals surface area contributed by atoms with Crippen LogP contribution in [0.3, 0.4) is 0 Å². The summed E-state index contributed by atoms with van der Waals surface area (Å²) in [5.41, 5.74) is 0. The number of carbonyl (C=O) groups is 2. The normalized spacial score (nSPS) is 9.24. The molecule has 0 aromatic heterocycles. The summed E-state index contributed by atoms with van der Waals surface area (Å²) in [7, 11) is 0. The third-order valence-electron chi connectivity index (χ3n) is 2.99. The Labute approximate surface area is 146 Å². The Balaban J connectivity index is -0.000000295. The van der Waals surface area contributed by atoms with Crippen molar-refractivity contribution in [3.05, 3.63) is 0 Å². The molecule has 0 rings (SSSR count). The van der Waals surface area contributed by atoms with Crippen molar-refractivity contribution in [2.45, 2.75) is 90.9 Å². The molecular formula is C16H32O4Sn+2. The van der Waals surface area contributed by atoms with E-state index in [0.717, 1.165) is 25.7 Å². The van der Waals surface area contributed by atoms with Crippen LogP contribution in [0.25, 0.3) is 0 Å². The molecule has 0 saturated heterocycles. The zero-order valence-electron chi connectivity index (χ0n) is 13.7. The van der Waals surface area contributed by atoms with Crippen molar-refractivity contribution in [2.75, 3.05) is 0 Å². The molecule has 0 bridgehead atoms. The Morgan fingerprint density at radius 3 is 1.14 bits per heavy atom. The van der Waals surface area contributed by atoms with Gasteiger partial charge in [-0.1, -0.05) is 65.2 Å². The van der Waals surface area contributed by atoms with E-state index in [0.29, 0.717) is 12.8 Å². The third-order valence-corrected chi connectivity index (χ3v) is 2.99. The number of carboxylic acids is 2. The molecule has 122 valence electrons. The second-order valence-corrected chi connectivity index (χ2v) is 5.12. The first-order valence-electron chi connectivity index (χ1n) is 7.98. The topological polar surface area (TPSA) is 74.6 Å². The van der Waals surface area contributed by atoms with Crippen molar-refractivity contribution in [1.82, 2.24) is 0 Å². The first-order valence-corrected chi connectivity index (χ1v) is 7.98. The number of rotatable bonds is 12. The summed E-state index contributed by atoms with van der Waals surface area (Å²) in [5.74, 6) is -1.34. The predicted molar refractivity (Wildman–Crippen MR) is 87.8 cm³/mol. The predicted octanol–water partition coefficient (Wildman–Crippen LogP) is 4.48. The van der Waals surface area contributed by atoms with Crippen LogP contribution in [0.5, 0.6) is 0 Å². The SMILES string of the molecule is CCCCCCCC(=O)O.CCCCCCCC(=O)O.[Sn+2]. The second kappa shape index (κ2) is 22.0. The largest absolute Gasteiger partial charge is 2.00 e. The van der Waals surface area contributed by atoms with Crippen molar-refractivity contribution in [1.29, 1.82) is 0 Å². The van der Waals surface area contributed by atoms with Gasteiger partial charge in [0.15, 0.2) is 0 Å². The molecular weight excluding hydrogens is 375 g/mol. The molecule has 0 aliphatic rings. The third kappa shape index (κ3) is 32.9. The molecule has 0 amide bonds. The minimum atomic E-state index is -0.670. The molecule has 0 aliphatic heterocycles. The summed E-state index contributed by atoms with van der Waals surface area (Å²) in [5, 5.41) is 16.5. The summed E-state index contributed by atoms with van der Waals surface area (Å²) < 4.78 is 0. The molecule has 0 fully saturated rings. The maximum Gasteiger partial charge on any atom is 2.00 e. The van der Waals surface area contributed by atoms with Crippen molar-refractivity contribution < 1.29 is 19.8 Å². The quantitative estimate of drug-likeness (QED) is 0.370. The van der Waals surface area contributed by atoms with Crippen molar-refractivity contribution in [3.8, 4) is 0 Å². The minimum Gasteiger partial charge on any atom is -0.481 e. The van der Waals surface area contributed by atoms with Crippen LogP contribution in [0, 0.1) is 0 Å². The van der Waals surface area contributed by atoms with Gasteiger partial charge in [0.2, 0.25) is 0 Å². The average Bonchev–Trinajstić information content (AvgIpc) is 2.38. The van der Waals surface area contributed by atoms with Gasteiger partial charge in [-0.3, -0.25) is 9.59 Å². The smallest absolute Gasteiger partial charge is 0.481 e. The summed E-state index contributed by atoms with van der Waals surface area (Å²) in [6, 6.07) is 0. The molecule has 0 aliphatic carbocycles. The van der Waals surface area contributed by atoms with E-state index < -0.39 is 11.9 Å². The molecule has 0 saturated carbocycles. The standard InChI is InChI=1S/2C8H16O2.Sn/c2*1-2-3-4-5-6-7-8(9)10;/h2*2-7H2,1H3,(H,9,10);/q;;+2. The van der Waals surface area contributed by atoms with Crippen LogP contribution in [-0.4, -0.2) is 46.1 Å². The number of aliphatic carboxylic acids is 2. The van der Waals surface area contributed by atoms with Gasteiger partial charge >= 0.3 is 35.8 Å². The first kappa shape index (κ1) is 25.7. The van der Waals surface area contributed by atoms with E-state index in [1.807, 2.05) is 0 Å². The molecule has 2 N–H and O–H groups in total. The summed E-state index contributed by atoms with van der Waals surface area (Å²) in [6.45, 7) is 4.30. The van der Waals surface area contributed by atoms with Crippen LogP contribution in [-0.2, 0) is 9.59 Å². The van der Waals surface area contributed by atoms with Crippen LogP contribution in [0.1, 0.15) is 90.9 Å². The number of hydrogen-bond donors (Lipinski definition) is 2. The van der Waals surface area contributed by atoms with Crippen LogP contribution >= 0.6 is 0 Å². The van der Waals surface area contributed by atoms with Gasteiger partial charge < -0.3 is 10.2 Å². The van der Waals surface area contributed by atoms with Crippen molar-refractivity contribution >= 4 is 35.8 Å². The summed E-state index contributed by atoms with van der Waals surface area (Å²) in [6.07, 6.45) is 11.8. The molecule has 0 aromatic carbocycles. The number of hydrogen-bond acceptors (Lipinski definition) is 2. The summed E-state index contributed by atoms with van der Waals surface area (Å²) in [4.78, 5) is 20.1. The molecule has 0 aromatic rings. The Bertz CT molecular complexity index is 208. The Morgan fingerprint density at radius 2 is 0.905 bits per heavy atom. The Hall–Kier alpha value is -0.261. The van der Waals surface area contributed by atoms with E-state index in [1.54, 1.807) is 0 Å². The van der Waals surface area contributed by atoms with E-state index in [-0.39, 0.29) is 23.9 Å². The first-order chi connectivity index (χ1) is 9.54. The van der Waals surface area contributed by atoms with Gasteiger partial charge in [0.05, 0.1) is 0 Å².